The number of rotatable bonds is 4. The number of carbonyl (C=O) groups is 1. The molecular weight excluding hydrogens is 250 g/mol. The zero-order valence-electron chi connectivity index (χ0n) is 9.51. The maximum atomic E-state index is 11.3. The molecular formula is C13H13NOS2. The van der Waals surface area contributed by atoms with Crippen LogP contribution in [-0.4, -0.2) is 16.5 Å². The predicted octanol–water partition coefficient (Wildman–Crippen LogP) is 3.16. The number of benzene rings is 1. The van der Waals surface area contributed by atoms with Crippen LogP contribution in [0.5, 0.6) is 0 Å². The van der Waals surface area contributed by atoms with Crippen LogP contribution >= 0.6 is 24.0 Å². The van der Waals surface area contributed by atoms with Crippen LogP contribution in [0.1, 0.15) is 10.6 Å². The zero-order chi connectivity index (χ0) is 12.3. The second-order valence-electron chi connectivity index (χ2n) is 3.87. The molecule has 0 unspecified atom stereocenters. The van der Waals surface area contributed by atoms with E-state index in [9.17, 15) is 4.79 Å². The third-order valence-electron chi connectivity index (χ3n) is 2.42. The van der Waals surface area contributed by atoms with E-state index >= 15 is 0 Å². The van der Waals surface area contributed by atoms with Gasteiger partial charge in [-0.3, -0.25) is 4.79 Å². The fraction of sp³-hybridized carbons (Fsp3) is 0.231. The van der Waals surface area contributed by atoms with Crippen LogP contribution in [0.25, 0.3) is 11.3 Å². The van der Waals surface area contributed by atoms with E-state index in [0.717, 1.165) is 16.3 Å². The Morgan fingerprint density at radius 1 is 1.35 bits per heavy atom. The minimum absolute atomic E-state index is 0.109. The van der Waals surface area contributed by atoms with E-state index < -0.39 is 0 Å². The van der Waals surface area contributed by atoms with Gasteiger partial charge in [0.2, 0.25) is 0 Å². The molecule has 4 heteroatoms. The van der Waals surface area contributed by atoms with Crippen LogP contribution < -0.4 is 0 Å². The van der Waals surface area contributed by atoms with Gasteiger partial charge >= 0.3 is 0 Å². The van der Waals surface area contributed by atoms with Crippen molar-refractivity contribution in [2.24, 2.45) is 0 Å². The van der Waals surface area contributed by atoms with Crippen molar-refractivity contribution in [3.05, 3.63) is 40.2 Å². The highest BCUT2D eigenvalue weighted by atomic mass is 32.1. The van der Waals surface area contributed by atoms with Gasteiger partial charge in [-0.2, -0.15) is 12.6 Å². The molecule has 0 bridgehead atoms. The normalized spacial score (nSPS) is 10.5. The van der Waals surface area contributed by atoms with Crippen LogP contribution in [0.4, 0.5) is 0 Å². The van der Waals surface area contributed by atoms with Crippen molar-refractivity contribution >= 4 is 29.7 Å². The Morgan fingerprint density at radius 3 is 2.71 bits per heavy atom. The highest BCUT2D eigenvalue weighted by Gasteiger charge is 2.07. The van der Waals surface area contributed by atoms with Crippen LogP contribution in [0.2, 0.25) is 0 Å². The number of thiol groups is 1. The maximum absolute atomic E-state index is 11.3. The lowest BCUT2D eigenvalue weighted by Crippen LogP contribution is -2.03. The summed E-state index contributed by atoms with van der Waals surface area (Å²) in [6, 6.07) is 8.23. The van der Waals surface area contributed by atoms with Crippen molar-refractivity contribution < 1.29 is 4.79 Å². The van der Waals surface area contributed by atoms with E-state index in [1.165, 1.54) is 16.9 Å². The lowest BCUT2D eigenvalue weighted by atomic mass is 10.1. The fourth-order valence-electron chi connectivity index (χ4n) is 1.47. The molecule has 0 radical (unpaired) electrons. The number of hydrogen-bond acceptors (Lipinski definition) is 4. The molecule has 0 aliphatic carbocycles. The summed E-state index contributed by atoms with van der Waals surface area (Å²) >= 11 is 5.49. The quantitative estimate of drug-likeness (QED) is 0.859. The third kappa shape index (κ3) is 3.17. The van der Waals surface area contributed by atoms with Gasteiger partial charge in [0.1, 0.15) is 10.8 Å². The first-order valence-corrected chi connectivity index (χ1v) is 6.84. The first-order valence-electron chi connectivity index (χ1n) is 5.33. The molecule has 0 saturated carbocycles. The van der Waals surface area contributed by atoms with E-state index in [-0.39, 0.29) is 11.5 Å². The second-order valence-corrected chi connectivity index (χ2v) is 5.12. The lowest BCUT2D eigenvalue weighted by molar-refractivity contribution is -0.115. The second kappa shape index (κ2) is 5.47. The molecule has 2 rings (SSSR count). The number of aromatic nitrogens is 1. The molecule has 0 N–H and O–H groups in total. The Labute approximate surface area is 110 Å². The van der Waals surface area contributed by atoms with E-state index in [1.807, 2.05) is 5.38 Å². The zero-order valence-corrected chi connectivity index (χ0v) is 11.2. The Bertz CT molecular complexity index is 516. The predicted molar refractivity (Wildman–Crippen MR) is 74.9 cm³/mol. The molecule has 0 atom stereocenters. The van der Waals surface area contributed by atoms with Gasteiger partial charge in [0.25, 0.3) is 0 Å². The molecule has 0 spiro atoms. The Morgan fingerprint density at radius 2 is 2.06 bits per heavy atom. The maximum Gasteiger partial charge on any atom is 0.149 e. The molecule has 1 heterocycles. The van der Waals surface area contributed by atoms with Crippen molar-refractivity contribution in [1.29, 1.82) is 0 Å². The minimum Gasteiger partial charge on any atom is -0.298 e. The molecule has 0 aliphatic rings. The van der Waals surface area contributed by atoms with Crippen molar-refractivity contribution in [2.45, 2.75) is 13.3 Å². The summed E-state index contributed by atoms with van der Waals surface area (Å²) in [5.74, 6) is 0.387. The van der Waals surface area contributed by atoms with Gasteiger partial charge in [-0.15, -0.1) is 11.3 Å². The van der Waals surface area contributed by atoms with E-state index in [1.54, 1.807) is 0 Å². The SMILES string of the molecule is Cc1ccc(-c2csc(CC(=O)CS)n2)cc1. The van der Waals surface area contributed by atoms with Crippen LogP contribution in [-0.2, 0) is 11.2 Å². The highest BCUT2D eigenvalue weighted by molar-refractivity contribution is 7.81. The average Bonchev–Trinajstić information content (AvgIpc) is 2.78. The summed E-state index contributed by atoms with van der Waals surface area (Å²) < 4.78 is 0. The standard InChI is InChI=1S/C13H13NOS2/c1-9-2-4-10(5-3-9)12-8-17-13(14-12)6-11(15)7-16/h2-5,8,16H,6-7H2,1H3. The number of aryl methyl sites for hydroxylation is 1. The van der Waals surface area contributed by atoms with E-state index in [4.69, 9.17) is 0 Å². The van der Waals surface area contributed by atoms with Crippen LogP contribution in [0.15, 0.2) is 29.6 Å². The molecule has 0 amide bonds. The van der Waals surface area contributed by atoms with Crippen molar-refractivity contribution in [1.82, 2.24) is 4.98 Å². The molecule has 2 nitrogen and oxygen atoms in total. The summed E-state index contributed by atoms with van der Waals surface area (Å²) in [7, 11) is 0. The first kappa shape index (κ1) is 12.3. The number of thiazole rings is 1. The smallest absolute Gasteiger partial charge is 0.149 e. The van der Waals surface area contributed by atoms with Gasteiger partial charge in [0.15, 0.2) is 0 Å². The van der Waals surface area contributed by atoms with Gasteiger partial charge in [0, 0.05) is 16.7 Å². The molecule has 88 valence electrons. The molecule has 0 fully saturated rings. The number of Topliss-reactive ketones (excluding diaryl/α,β-unsaturated/α-hetero) is 1. The first-order chi connectivity index (χ1) is 8.19. The lowest BCUT2D eigenvalue weighted by Gasteiger charge is -1.97. The van der Waals surface area contributed by atoms with Crippen molar-refractivity contribution in [3.8, 4) is 11.3 Å². The third-order valence-corrected chi connectivity index (χ3v) is 3.63. The Kier molecular flexibility index (Phi) is 3.97. The summed E-state index contributed by atoms with van der Waals surface area (Å²) in [5, 5.41) is 2.85. The van der Waals surface area contributed by atoms with Gasteiger partial charge < -0.3 is 0 Å². The van der Waals surface area contributed by atoms with Gasteiger partial charge in [-0.1, -0.05) is 29.8 Å². The summed E-state index contributed by atoms with van der Waals surface area (Å²) in [4.78, 5) is 15.7. The molecule has 17 heavy (non-hydrogen) atoms. The minimum atomic E-state index is 0.109. The molecule has 0 saturated heterocycles. The molecule has 2 aromatic rings. The number of nitrogens with zero attached hydrogens (tertiary/aromatic N) is 1. The topological polar surface area (TPSA) is 30.0 Å². The van der Waals surface area contributed by atoms with Gasteiger partial charge in [-0.25, -0.2) is 4.98 Å². The largest absolute Gasteiger partial charge is 0.298 e. The molecule has 0 aliphatic heterocycles. The number of ketones is 1. The van der Waals surface area contributed by atoms with E-state index in [0.29, 0.717) is 6.42 Å². The molecule has 1 aromatic carbocycles. The van der Waals surface area contributed by atoms with Crippen LogP contribution in [0, 0.1) is 6.92 Å². The van der Waals surface area contributed by atoms with Crippen molar-refractivity contribution in [2.75, 3.05) is 5.75 Å². The Balaban J connectivity index is 2.18. The Hall–Kier alpha value is -1.13. The summed E-state index contributed by atoms with van der Waals surface area (Å²) in [6.45, 7) is 2.06. The summed E-state index contributed by atoms with van der Waals surface area (Å²) in [6.07, 6.45) is 0.389. The number of carbonyl (C=O) groups excluding carboxylic acids is 1. The van der Waals surface area contributed by atoms with Gasteiger partial charge in [0.05, 0.1) is 12.1 Å². The van der Waals surface area contributed by atoms with E-state index in [2.05, 4.69) is 48.8 Å². The average molecular weight is 263 g/mol. The molecule has 1 aromatic heterocycles. The number of hydrogen-bond donors (Lipinski definition) is 1. The fourth-order valence-corrected chi connectivity index (χ4v) is 2.42. The van der Waals surface area contributed by atoms with Gasteiger partial charge in [-0.05, 0) is 6.92 Å². The monoisotopic (exact) mass is 263 g/mol. The summed E-state index contributed by atoms with van der Waals surface area (Å²) in [5.41, 5.74) is 3.27. The van der Waals surface area contributed by atoms with Crippen molar-refractivity contribution in [3.63, 3.8) is 0 Å². The van der Waals surface area contributed by atoms with Crippen LogP contribution in [0.3, 0.4) is 0 Å². The highest BCUT2D eigenvalue weighted by Crippen LogP contribution is 2.22.